The van der Waals surface area contributed by atoms with Gasteiger partial charge in [-0.05, 0) is 50.9 Å². The van der Waals surface area contributed by atoms with Gasteiger partial charge in [-0.25, -0.2) is 0 Å². The molecule has 0 radical (unpaired) electrons. The average Bonchev–Trinajstić information content (AvgIpc) is 2.61. The molecule has 0 bridgehead atoms. The number of likely N-dealkylation sites (tertiary alicyclic amines) is 1. The SMILES string of the molecule is COc1cc(CN2CCCC2(C)C)ccc1O. The molecule has 0 spiro atoms. The summed E-state index contributed by atoms with van der Waals surface area (Å²) in [5.41, 5.74) is 1.47. The van der Waals surface area contributed by atoms with E-state index in [1.54, 1.807) is 13.2 Å². The third kappa shape index (κ3) is 2.55. The lowest BCUT2D eigenvalue weighted by atomic mass is 10.0. The van der Waals surface area contributed by atoms with Gasteiger partial charge in [0.25, 0.3) is 0 Å². The Hall–Kier alpha value is -1.22. The van der Waals surface area contributed by atoms with Crippen molar-refractivity contribution in [3.8, 4) is 11.5 Å². The highest BCUT2D eigenvalue weighted by atomic mass is 16.5. The highest BCUT2D eigenvalue weighted by molar-refractivity contribution is 5.41. The second-order valence-corrected chi connectivity index (χ2v) is 5.34. The Bertz CT molecular complexity index is 401. The summed E-state index contributed by atoms with van der Waals surface area (Å²) in [4.78, 5) is 2.48. The number of hydrogen-bond donors (Lipinski definition) is 1. The molecule has 2 rings (SSSR count). The molecular weight excluding hydrogens is 214 g/mol. The summed E-state index contributed by atoms with van der Waals surface area (Å²) in [6.45, 7) is 6.65. The molecule has 94 valence electrons. The second-order valence-electron chi connectivity index (χ2n) is 5.34. The molecule has 0 saturated carbocycles. The van der Waals surface area contributed by atoms with Crippen LogP contribution in [0.2, 0.25) is 0 Å². The Morgan fingerprint density at radius 3 is 2.76 bits per heavy atom. The molecule has 1 fully saturated rings. The van der Waals surface area contributed by atoms with Crippen LogP contribution in [0.5, 0.6) is 11.5 Å². The molecule has 0 unspecified atom stereocenters. The molecule has 0 aliphatic carbocycles. The highest BCUT2D eigenvalue weighted by Crippen LogP contribution is 2.32. The van der Waals surface area contributed by atoms with E-state index >= 15 is 0 Å². The van der Waals surface area contributed by atoms with Crippen molar-refractivity contribution in [2.24, 2.45) is 0 Å². The Balaban J connectivity index is 2.13. The van der Waals surface area contributed by atoms with Crippen LogP contribution in [0.1, 0.15) is 32.3 Å². The maximum atomic E-state index is 9.56. The lowest BCUT2D eigenvalue weighted by molar-refractivity contribution is 0.166. The van der Waals surface area contributed by atoms with E-state index in [-0.39, 0.29) is 11.3 Å². The quantitative estimate of drug-likeness (QED) is 0.874. The van der Waals surface area contributed by atoms with E-state index in [1.165, 1.54) is 18.4 Å². The van der Waals surface area contributed by atoms with Crippen molar-refractivity contribution in [3.63, 3.8) is 0 Å². The molecule has 1 N–H and O–H groups in total. The fourth-order valence-corrected chi connectivity index (χ4v) is 2.50. The second kappa shape index (κ2) is 4.57. The number of rotatable bonds is 3. The van der Waals surface area contributed by atoms with Crippen LogP contribution in [0.4, 0.5) is 0 Å². The predicted octanol–water partition coefficient (Wildman–Crippen LogP) is 2.78. The smallest absolute Gasteiger partial charge is 0.160 e. The average molecular weight is 235 g/mol. The molecule has 0 amide bonds. The first kappa shape index (κ1) is 12.2. The number of ether oxygens (including phenoxy) is 1. The van der Waals surface area contributed by atoms with Crippen LogP contribution in [0, 0.1) is 0 Å². The van der Waals surface area contributed by atoms with Crippen LogP contribution in [0.3, 0.4) is 0 Å². The van der Waals surface area contributed by atoms with E-state index in [4.69, 9.17) is 4.74 Å². The van der Waals surface area contributed by atoms with E-state index in [1.807, 2.05) is 12.1 Å². The van der Waals surface area contributed by atoms with Gasteiger partial charge in [0.2, 0.25) is 0 Å². The third-order valence-electron chi connectivity index (χ3n) is 3.69. The van der Waals surface area contributed by atoms with Crippen LogP contribution in [-0.4, -0.2) is 29.2 Å². The van der Waals surface area contributed by atoms with Crippen molar-refractivity contribution in [3.05, 3.63) is 23.8 Å². The van der Waals surface area contributed by atoms with Gasteiger partial charge in [-0.3, -0.25) is 4.90 Å². The molecular formula is C14H21NO2. The summed E-state index contributed by atoms with van der Waals surface area (Å²) in [6, 6.07) is 5.59. The summed E-state index contributed by atoms with van der Waals surface area (Å²) in [5, 5.41) is 9.56. The van der Waals surface area contributed by atoms with Gasteiger partial charge in [-0.2, -0.15) is 0 Å². The van der Waals surface area contributed by atoms with Crippen molar-refractivity contribution >= 4 is 0 Å². The first-order chi connectivity index (χ1) is 8.03. The van der Waals surface area contributed by atoms with Crippen molar-refractivity contribution in [1.82, 2.24) is 4.90 Å². The Morgan fingerprint density at radius 2 is 2.18 bits per heavy atom. The Labute approximate surface area is 103 Å². The van der Waals surface area contributed by atoms with Crippen LogP contribution in [0.15, 0.2) is 18.2 Å². The van der Waals surface area contributed by atoms with Gasteiger partial charge in [0, 0.05) is 12.1 Å². The van der Waals surface area contributed by atoms with Gasteiger partial charge < -0.3 is 9.84 Å². The molecule has 3 heteroatoms. The normalized spacial score (nSPS) is 19.5. The van der Waals surface area contributed by atoms with E-state index in [2.05, 4.69) is 18.7 Å². The zero-order chi connectivity index (χ0) is 12.5. The van der Waals surface area contributed by atoms with Crippen LogP contribution in [0.25, 0.3) is 0 Å². The van der Waals surface area contributed by atoms with Gasteiger partial charge in [-0.1, -0.05) is 6.07 Å². The fraction of sp³-hybridized carbons (Fsp3) is 0.571. The molecule has 3 nitrogen and oxygen atoms in total. The van der Waals surface area contributed by atoms with Crippen molar-refractivity contribution in [2.75, 3.05) is 13.7 Å². The molecule has 1 aliphatic rings. The predicted molar refractivity (Wildman–Crippen MR) is 68.4 cm³/mol. The van der Waals surface area contributed by atoms with Gasteiger partial charge in [-0.15, -0.1) is 0 Å². The van der Waals surface area contributed by atoms with Crippen molar-refractivity contribution in [1.29, 1.82) is 0 Å². The number of phenolic OH excluding ortho intramolecular Hbond substituents is 1. The summed E-state index contributed by atoms with van der Waals surface area (Å²) in [6.07, 6.45) is 2.52. The Morgan fingerprint density at radius 1 is 1.41 bits per heavy atom. The number of phenols is 1. The standard InChI is InChI=1S/C14H21NO2/c1-14(2)7-4-8-15(14)10-11-5-6-12(16)13(9-11)17-3/h5-6,9,16H,4,7-8,10H2,1-3H3. The van der Waals surface area contributed by atoms with Crippen LogP contribution >= 0.6 is 0 Å². The molecule has 1 aromatic carbocycles. The van der Waals surface area contributed by atoms with E-state index in [0.717, 1.165) is 13.1 Å². The van der Waals surface area contributed by atoms with Gasteiger partial charge in [0.15, 0.2) is 11.5 Å². The largest absolute Gasteiger partial charge is 0.504 e. The summed E-state index contributed by atoms with van der Waals surface area (Å²) < 4.78 is 5.13. The van der Waals surface area contributed by atoms with E-state index < -0.39 is 0 Å². The first-order valence-electron chi connectivity index (χ1n) is 6.14. The van der Waals surface area contributed by atoms with Crippen molar-refractivity contribution in [2.45, 2.75) is 38.8 Å². The van der Waals surface area contributed by atoms with Gasteiger partial charge in [0.1, 0.15) is 0 Å². The zero-order valence-electron chi connectivity index (χ0n) is 10.9. The van der Waals surface area contributed by atoms with Crippen molar-refractivity contribution < 1.29 is 9.84 Å². The minimum absolute atomic E-state index is 0.205. The first-order valence-corrected chi connectivity index (χ1v) is 6.14. The number of benzene rings is 1. The summed E-state index contributed by atoms with van der Waals surface area (Å²) in [7, 11) is 1.58. The number of aromatic hydroxyl groups is 1. The highest BCUT2D eigenvalue weighted by Gasteiger charge is 2.31. The lowest BCUT2D eigenvalue weighted by Gasteiger charge is -2.31. The number of methoxy groups -OCH3 is 1. The Kier molecular flexibility index (Phi) is 3.29. The van der Waals surface area contributed by atoms with Crippen LogP contribution in [-0.2, 0) is 6.54 Å². The zero-order valence-corrected chi connectivity index (χ0v) is 10.9. The van der Waals surface area contributed by atoms with E-state index in [9.17, 15) is 5.11 Å². The molecule has 1 saturated heterocycles. The monoisotopic (exact) mass is 235 g/mol. The fourth-order valence-electron chi connectivity index (χ4n) is 2.50. The molecule has 0 aromatic heterocycles. The topological polar surface area (TPSA) is 32.7 Å². The number of nitrogens with zero attached hydrogens (tertiary/aromatic N) is 1. The van der Waals surface area contributed by atoms with Crippen LogP contribution < -0.4 is 4.74 Å². The number of hydrogen-bond acceptors (Lipinski definition) is 3. The minimum Gasteiger partial charge on any atom is -0.504 e. The molecule has 1 aromatic rings. The molecule has 17 heavy (non-hydrogen) atoms. The molecule has 1 heterocycles. The van der Waals surface area contributed by atoms with Gasteiger partial charge in [0.05, 0.1) is 7.11 Å². The maximum Gasteiger partial charge on any atom is 0.160 e. The van der Waals surface area contributed by atoms with Gasteiger partial charge >= 0.3 is 0 Å². The minimum atomic E-state index is 0.205. The lowest BCUT2D eigenvalue weighted by Crippen LogP contribution is -2.37. The summed E-state index contributed by atoms with van der Waals surface area (Å²) >= 11 is 0. The molecule has 1 aliphatic heterocycles. The summed E-state index contributed by atoms with van der Waals surface area (Å²) in [5.74, 6) is 0.761. The third-order valence-corrected chi connectivity index (χ3v) is 3.69. The molecule has 0 atom stereocenters. The maximum absolute atomic E-state index is 9.56. The van der Waals surface area contributed by atoms with E-state index in [0.29, 0.717) is 5.75 Å².